The van der Waals surface area contributed by atoms with E-state index in [1.165, 1.54) is 11.1 Å². The zero-order valence-electron chi connectivity index (χ0n) is 30.3. The Labute approximate surface area is 320 Å². The van der Waals surface area contributed by atoms with Crippen molar-refractivity contribution < 1.29 is 26.2 Å². The van der Waals surface area contributed by atoms with E-state index in [0.717, 1.165) is 62.0 Å². The van der Waals surface area contributed by atoms with Crippen molar-refractivity contribution in [1.29, 1.82) is 0 Å². The maximum absolute atomic E-state index is 10.9. The van der Waals surface area contributed by atoms with E-state index < -0.39 is 0 Å². The number of anilines is 6. The van der Waals surface area contributed by atoms with Crippen molar-refractivity contribution in [2.24, 2.45) is 0 Å². The van der Waals surface area contributed by atoms with Crippen molar-refractivity contribution >= 4 is 45.2 Å². The maximum Gasteiger partial charge on any atom is 0.140 e. The second-order valence-corrected chi connectivity index (χ2v) is 15.0. The van der Waals surface area contributed by atoms with E-state index in [2.05, 4.69) is 154 Å². The molecule has 1 N–H and O–H groups in total. The van der Waals surface area contributed by atoms with Gasteiger partial charge < -0.3 is 14.9 Å². The average Bonchev–Trinajstić information content (AvgIpc) is 3.12. The number of rotatable bonds is 5. The van der Waals surface area contributed by atoms with E-state index in [1.807, 2.05) is 30.5 Å². The van der Waals surface area contributed by atoms with Crippen LogP contribution in [0, 0.1) is 13.0 Å². The number of phenols is 1. The number of aromatic hydroxyl groups is 1. The van der Waals surface area contributed by atoms with Crippen molar-refractivity contribution in [3.05, 3.63) is 162 Å². The number of hydrogen-bond donors (Lipinski definition) is 1. The largest absolute Gasteiger partial charge is 0.506 e. The molecule has 0 atom stereocenters. The molecule has 52 heavy (non-hydrogen) atoms. The van der Waals surface area contributed by atoms with E-state index in [9.17, 15) is 5.11 Å². The number of benzene rings is 5. The number of hydrogen-bond acceptors (Lipinski definition) is 5. The molecule has 1 aliphatic rings. The van der Waals surface area contributed by atoms with Gasteiger partial charge in [0.05, 0.1) is 11.9 Å². The molecule has 0 unspecified atom stereocenters. The van der Waals surface area contributed by atoms with Crippen LogP contribution in [-0.2, 0) is 31.9 Å². The summed E-state index contributed by atoms with van der Waals surface area (Å²) in [6.45, 7) is 13.2. The van der Waals surface area contributed by atoms with Crippen molar-refractivity contribution in [1.82, 2.24) is 9.97 Å². The molecule has 2 aromatic heterocycles. The van der Waals surface area contributed by atoms with Crippen LogP contribution in [0.4, 0.5) is 34.3 Å². The van der Waals surface area contributed by atoms with Crippen LogP contribution in [0.5, 0.6) is 5.75 Å². The predicted octanol–water partition coefficient (Wildman–Crippen LogP) is 12.0. The van der Waals surface area contributed by atoms with Gasteiger partial charge in [0.2, 0.25) is 0 Å². The summed E-state index contributed by atoms with van der Waals surface area (Å²) in [7, 11) is 0. The molecule has 262 valence electrons. The summed E-state index contributed by atoms with van der Waals surface area (Å²) in [5.74, 6) is 0.977. The number of para-hydroxylation sites is 2. The molecule has 0 radical (unpaired) electrons. The Kier molecular flexibility index (Phi) is 9.05. The minimum Gasteiger partial charge on any atom is -0.506 e. The molecule has 0 fully saturated rings. The van der Waals surface area contributed by atoms with Crippen molar-refractivity contribution in [3.8, 4) is 17.0 Å². The van der Waals surface area contributed by atoms with Crippen LogP contribution in [0.3, 0.4) is 0 Å². The van der Waals surface area contributed by atoms with Crippen molar-refractivity contribution in [2.45, 2.75) is 52.4 Å². The molecule has 3 heterocycles. The topological polar surface area (TPSA) is 52.5 Å². The number of aromatic nitrogens is 2. The number of aryl methyl sites for hydroxylation is 1. The first kappa shape index (κ1) is 35.2. The molecule has 0 amide bonds. The van der Waals surface area contributed by atoms with Crippen LogP contribution in [0.1, 0.15) is 56.9 Å². The summed E-state index contributed by atoms with van der Waals surface area (Å²) in [6, 6.07) is 47.7. The molecular weight excluding hydrogens is 820 g/mol. The molecule has 0 spiro atoms. The second-order valence-electron chi connectivity index (χ2n) is 15.0. The molecule has 6 heteroatoms. The van der Waals surface area contributed by atoms with Crippen LogP contribution in [0.2, 0.25) is 0 Å². The Hall–Kier alpha value is -5.25. The van der Waals surface area contributed by atoms with Crippen molar-refractivity contribution in [3.63, 3.8) is 0 Å². The van der Waals surface area contributed by atoms with Crippen LogP contribution >= 0.6 is 0 Å². The molecule has 5 aromatic carbocycles. The Morgan fingerprint density at radius 3 is 2.04 bits per heavy atom. The van der Waals surface area contributed by atoms with E-state index >= 15 is 0 Å². The minimum absolute atomic E-state index is 0. The van der Waals surface area contributed by atoms with Crippen LogP contribution < -0.4 is 9.80 Å². The number of pyridine rings is 2. The molecule has 8 rings (SSSR count). The van der Waals surface area contributed by atoms with Gasteiger partial charge in [0, 0.05) is 43.5 Å². The van der Waals surface area contributed by atoms with Crippen LogP contribution in [0.15, 0.2) is 134 Å². The maximum atomic E-state index is 10.9. The van der Waals surface area contributed by atoms with Gasteiger partial charge in [-0.25, -0.2) is 4.98 Å². The zero-order valence-corrected chi connectivity index (χ0v) is 32.5. The Balaban J connectivity index is 0.00000420. The van der Waals surface area contributed by atoms with Crippen molar-refractivity contribution in [2.75, 3.05) is 9.80 Å². The van der Waals surface area contributed by atoms with Crippen LogP contribution in [0.25, 0.3) is 22.2 Å². The normalized spacial score (nSPS) is 13.2. The third-order valence-corrected chi connectivity index (χ3v) is 10.1. The van der Waals surface area contributed by atoms with Gasteiger partial charge in [0.15, 0.2) is 0 Å². The first-order chi connectivity index (χ1) is 24.5. The SMILES string of the molecule is Cc1ccc2c(c1)N(c1ccc(N(c3ccccc3)c3ccccc3)cn1)c1[c-]c(-c3ccc4c(C(C)(C)C)ccc(O)c4n3)ccc1C2(C)C.[Pt]. The van der Waals surface area contributed by atoms with Gasteiger partial charge in [-0.05, 0) is 94.4 Å². The predicted molar refractivity (Wildman–Crippen MR) is 210 cm³/mol. The van der Waals surface area contributed by atoms with Gasteiger partial charge >= 0.3 is 0 Å². The molecule has 0 bridgehead atoms. The number of phenolic OH excluding ortho intramolecular Hbond substituents is 1. The summed E-state index contributed by atoms with van der Waals surface area (Å²) < 4.78 is 0. The van der Waals surface area contributed by atoms with Gasteiger partial charge in [-0.2, -0.15) is 0 Å². The Morgan fingerprint density at radius 1 is 0.731 bits per heavy atom. The average molecular weight is 861 g/mol. The fraction of sp³-hybridized carbons (Fsp3) is 0.174. The number of nitrogens with zero attached hydrogens (tertiary/aromatic N) is 4. The smallest absolute Gasteiger partial charge is 0.140 e. The minimum atomic E-state index is -0.280. The summed E-state index contributed by atoms with van der Waals surface area (Å²) >= 11 is 0. The molecule has 5 nitrogen and oxygen atoms in total. The Bertz CT molecular complexity index is 2360. The zero-order chi connectivity index (χ0) is 35.5. The van der Waals surface area contributed by atoms with Gasteiger partial charge in [-0.3, -0.25) is 4.98 Å². The summed E-state index contributed by atoms with van der Waals surface area (Å²) in [5.41, 5.74) is 11.6. The monoisotopic (exact) mass is 860 g/mol. The third-order valence-electron chi connectivity index (χ3n) is 10.1. The van der Waals surface area contributed by atoms with Gasteiger partial charge in [-0.15, -0.1) is 23.8 Å². The van der Waals surface area contributed by atoms with Gasteiger partial charge in [0.1, 0.15) is 17.1 Å². The van der Waals surface area contributed by atoms with E-state index in [4.69, 9.17) is 9.97 Å². The fourth-order valence-corrected chi connectivity index (χ4v) is 7.42. The van der Waals surface area contributed by atoms with Gasteiger partial charge in [-0.1, -0.05) is 107 Å². The first-order valence-electron chi connectivity index (χ1n) is 17.5. The summed E-state index contributed by atoms with van der Waals surface area (Å²) in [6.07, 6.45) is 1.95. The molecule has 0 aliphatic carbocycles. The van der Waals surface area contributed by atoms with E-state index in [-0.39, 0.29) is 37.6 Å². The first-order valence-corrected chi connectivity index (χ1v) is 17.5. The van der Waals surface area contributed by atoms with Crippen LogP contribution in [-0.4, -0.2) is 15.1 Å². The quantitative estimate of drug-likeness (QED) is 0.175. The second kappa shape index (κ2) is 13.4. The van der Waals surface area contributed by atoms with Gasteiger partial charge in [0.25, 0.3) is 0 Å². The molecule has 0 saturated heterocycles. The Morgan fingerprint density at radius 2 is 1.40 bits per heavy atom. The number of fused-ring (bicyclic) bond motifs is 3. The standard InChI is InChI=1S/C46H41N4O.Pt/c1-30-17-21-37-40(27-30)50(43-26-19-34(29-47-43)49(32-13-9-7-10-14-32)33-15-11-8-12-16-33)41-28-31(18-22-38(41)46(37,5)6)39-24-20-35-36(45(2,3)4)23-25-42(51)44(35)48-39;/h7-27,29,51H,1-6H3;/q-1;. The molecule has 7 aromatic rings. The molecule has 1 aliphatic heterocycles. The third kappa shape index (κ3) is 6.07. The molecular formula is C46H41N4OPt-. The fourth-order valence-electron chi connectivity index (χ4n) is 7.42. The summed E-state index contributed by atoms with van der Waals surface area (Å²) in [4.78, 5) is 14.6. The molecule has 0 saturated carbocycles. The van der Waals surface area contributed by atoms with E-state index in [1.54, 1.807) is 6.07 Å². The van der Waals surface area contributed by atoms with E-state index in [0.29, 0.717) is 5.52 Å². The summed E-state index contributed by atoms with van der Waals surface area (Å²) in [5, 5.41) is 11.9.